The van der Waals surface area contributed by atoms with Gasteiger partial charge in [0.25, 0.3) is 6.43 Å². The van der Waals surface area contributed by atoms with Crippen molar-refractivity contribution in [3.8, 4) is 0 Å². The summed E-state index contributed by atoms with van der Waals surface area (Å²) in [5.41, 5.74) is -0.517. The Balaban J connectivity index is 3.34. The first-order chi connectivity index (χ1) is 6.97. The van der Waals surface area contributed by atoms with Crippen LogP contribution in [-0.4, -0.2) is 18.1 Å². The van der Waals surface area contributed by atoms with Gasteiger partial charge < -0.3 is 4.74 Å². The lowest BCUT2D eigenvalue weighted by atomic mass is 10.2. The van der Waals surface area contributed by atoms with Crippen LogP contribution in [0.4, 0.5) is 8.78 Å². The Hall–Kier alpha value is -0.500. The van der Waals surface area contributed by atoms with Crippen molar-refractivity contribution < 1.29 is 18.3 Å². The van der Waals surface area contributed by atoms with E-state index in [1.54, 1.807) is 22.6 Å². The van der Waals surface area contributed by atoms with Crippen molar-refractivity contribution in [3.63, 3.8) is 0 Å². The Morgan fingerprint density at radius 3 is 2.73 bits per heavy atom. The first kappa shape index (κ1) is 12.6. The number of carbonyl (C=O) groups excluding carboxylic acids is 1. The number of rotatable bonds is 2. The van der Waals surface area contributed by atoms with Crippen LogP contribution in [-0.2, 0) is 4.74 Å². The fourth-order valence-electron chi connectivity index (χ4n) is 0.907. The number of hydrogen-bond acceptors (Lipinski definition) is 3. The monoisotopic (exact) mass is 347 g/mol. The van der Waals surface area contributed by atoms with Gasteiger partial charge in [0.15, 0.2) is 5.69 Å². The van der Waals surface area contributed by atoms with Crippen LogP contribution in [0, 0.1) is 3.57 Å². The molecule has 0 aromatic carbocycles. The number of carbonyl (C=O) groups is 1. The Kier molecular flexibility index (Phi) is 4.21. The maximum absolute atomic E-state index is 12.5. The summed E-state index contributed by atoms with van der Waals surface area (Å²) in [7, 11) is 1.14. The van der Waals surface area contributed by atoms with Crippen LogP contribution in [0.3, 0.4) is 0 Å². The highest BCUT2D eigenvalue weighted by Gasteiger charge is 2.21. The Bertz CT molecular complexity index is 400. The largest absolute Gasteiger partial charge is 0.464 e. The van der Waals surface area contributed by atoms with Crippen molar-refractivity contribution >= 4 is 40.2 Å². The third-order valence-corrected chi connectivity index (χ3v) is 2.90. The first-order valence-corrected chi connectivity index (χ1v) is 5.15. The van der Waals surface area contributed by atoms with Gasteiger partial charge in [-0.25, -0.2) is 18.6 Å². The van der Waals surface area contributed by atoms with Gasteiger partial charge in [0.1, 0.15) is 5.15 Å². The van der Waals surface area contributed by atoms with E-state index >= 15 is 0 Å². The van der Waals surface area contributed by atoms with Crippen LogP contribution in [0.15, 0.2) is 6.07 Å². The molecule has 0 aliphatic carbocycles. The van der Waals surface area contributed by atoms with Crippen molar-refractivity contribution in [3.05, 3.63) is 26.0 Å². The molecule has 0 saturated carbocycles. The van der Waals surface area contributed by atoms with Crippen molar-refractivity contribution in [2.75, 3.05) is 7.11 Å². The quantitative estimate of drug-likeness (QED) is 0.469. The van der Waals surface area contributed by atoms with Crippen LogP contribution < -0.4 is 0 Å². The fourth-order valence-corrected chi connectivity index (χ4v) is 1.84. The van der Waals surface area contributed by atoms with Crippen LogP contribution in [0.1, 0.15) is 22.5 Å². The van der Waals surface area contributed by atoms with Gasteiger partial charge in [0, 0.05) is 5.56 Å². The standard InChI is InChI=1S/C8H5ClF2INO2/c1-15-8(14)6-5(12)3(7(10)11)2-4(9)13-6/h2,7H,1H3. The average Bonchev–Trinajstić information content (AvgIpc) is 2.19. The minimum atomic E-state index is -2.71. The average molecular weight is 347 g/mol. The third kappa shape index (κ3) is 2.75. The summed E-state index contributed by atoms with van der Waals surface area (Å²) in [5.74, 6) is -0.788. The molecule has 0 N–H and O–H groups in total. The molecule has 0 bridgehead atoms. The summed E-state index contributed by atoms with van der Waals surface area (Å²) in [6, 6.07) is 1.03. The molecule has 3 nitrogen and oxygen atoms in total. The number of hydrogen-bond donors (Lipinski definition) is 0. The molecule has 1 rings (SSSR count). The summed E-state index contributed by atoms with van der Waals surface area (Å²) in [4.78, 5) is 14.8. The Labute approximate surface area is 103 Å². The van der Waals surface area contributed by atoms with Gasteiger partial charge in [-0.3, -0.25) is 0 Å². The van der Waals surface area contributed by atoms with Crippen molar-refractivity contribution in [2.24, 2.45) is 0 Å². The zero-order chi connectivity index (χ0) is 11.6. The smallest absolute Gasteiger partial charge is 0.357 e. The van der Waals surface area contributed by atoms with E-state index in [2.05, 4.69) is 9.72 Å². The molecule has 0 amide bonds. The van der Waals surface area contributed by atoms with Crippen molar-refractivity contribution in [1.82, 2.24) is 4.98 Å². The fraction of sp³-hybridized carbons (Fsp3) is 0.250. The number of ether oxygens (including phenoxy) is 1. The minimum Gasteiger partial charge on any atom is -0.464 e. The Morgan fingerprint density at radius 2 is 2.27 bits per heavy atom. The summed E-state index contributed by atoms with van der Waals surface area (Å²) in [5, 5.41) is -0.161. The van der Waals surface area contributed by atoms with Gasteiger partial charge in [-0.2, -0.15) is 0 Å². The molecule has 1 heterocycles. The molecule has 82 valence electrons. The van der Waals surface area contributed by atoms with E-state index in [4.69, 9.17) is 11.6 Å². The minimum absolute atomic E-state index is 0.0545. The topological polar surface area (TPSA) is 39.2 Å². The first-order valence-electron chi connectivity index (χ1n) is 3.69. The number of aromatic nitrogens is 1. The molecule has 0 unspecified atom stereocenters. The van der Waals surface area contributed by atoms with Gasteiger partial charge in [0.2, 0.25) is 0 Å². The zero-order valence-corrected chi connectivity index (χ0v) is 10.3. The second kappa shape index (κ2) is 5.02. The summed E-state index contributed by atoms with van der Waals surface area (Å²) in [6.07, 6.45) is -2.71. The van der Waals surface area contributed by atoms with E-state index in [-0.39, 0.29) is 20.0 Å². The molecule has 0 atom stereocenters. The highest BCUT2D eigenvalue weighted by atomic mass is 127. The number of pyridine rings is 1. The second-order valence-electron chi connectivity index (χ2n) is 2.49. The molecule has 0 spiro atoms. The molecule has 0 aliphatic rings. The third-order valence-electron chi connectivity index (χ3n) is 1.57. The van der Waals surface area contributed by atoms with E-state index in [1.165, 1.54) is 0 Å². The van der Waals surface area contributed by atoms with Gasteiger partial charge in [-0.05, 0) is 28.7 Å². The van der Waals surface area contributed by atoms with E-state index in [0.29, 0.717) is 0 Å². The normalized spacial score (nSPS) is 10.5. The number of alkyl halides is 2. The predicted molar refractivity (Wildman–Crippen MR) is 58.3 cm³/mol. The molecular weight excluding hydrogens is 342 g/mol. The van der Waals surface area contributed by atoms with Gasteiger partial charge in [-0.15, -0.1) is 0 Å². The number of esters is 1. The van der Waals surface area contributed by atoms with Crippen LogP contribution in [0.5, 0.6) is 0 Å². The lowest BCUT2D eigenvalue weighted by molar-refractivity contribution is 0.0592. The van der Waals surface area contributed by atoms with Crippen molar-refractivity contribution in [1.29, 1.82) is 0 Å². The Morgan fingerprint density at radius 1 is 1.67 bits per heavy atom. The van der Waals surface area contributed by atoms with E-state index < -0.39 is 12.4 Å². The molecule has 1 aromatic rings. The van der Waals surface area contributed by atoms with E-state index in [9.17, 15) is 13.6 Å². The molecule has 0 aliphatic heterocycles. The number of methoxy groups -OCH3 is 1. The summed E-state index contributed by atoms with van der Waals surface area (Å²) >= 11 is 7.12. The van der Waals surface area contributed by atoms with Gasteiger partial charge >= 0.3 is 5.97 Å². The number of nitrogens with zero attached hydrogens (tertiary/aromatic N) is 1. The van der Waals surface area contributed by atoms with E-state index in [1.807, 2.05) is 0 Å². The highest BCUT2D eigenvalue weighted by molar-refractivity contribution is 14.1. The van der Waals surface area contributed by atoms with E-state index in [0.717, 1.165) is 13.2 Å². The molecule has 15 heavy (non-hydrogen) atoms. The second-order valence-corrected chi connectivity index (χ2v) is 3.96. The molecule has 0 radical (unpaired) electrons. The van der Waals surface area contributed by atoms with Crippen molar-refractivity contribution in [2.45, 2.75) is 6.43 Å². The van der Waals surface area contributed by atoms with Gasteiger partial charge in [0.05, 0.1) is 10.7 Å². The van der Waals surface area contributed by atoms with Gasteiger partial charge in [-0.1, -0.05) is 11.6 Å². The zero-order valence-electron chi connectivity index (χ0n) is 7.43. The number of halogens is 4. The lowest BCUT2D eigenvalue weighted by Gasteiger charge is -2.07. The van der Waals surface area contributed by atoms with Crippen LogP contribution >= 0.6 is 34.2 Å². The maximum Gasteiger partial charge on any atom is 0.357 e. The van der Waals surface area contributed by atoms with Crippen LogP contribution in [0.25, 0.3) is 0 Å². The van der Waals surface area contributed by atoms with Crippen LogP contribution in [0.2, 0.25) is 5.15 Å². The summed E-state index contributed by atoms with van der Waals surface area (Å²) in [6.45, 7) is 0. The summed E-state index contributed by atoms with van der Waals surface area (Å²) < 4.78 is 29.5. The lowest BCUT2D eigenvalue weighted by Crippen LogP contribution is -2.09. The molecule has 0 fully saturated rings. The highest BCUT2D eigenvalue weighted by Crippen LogP contribution is 2.28. The molecular formula is C8H5ClF2INO2. The SMILES string of the molecule is COC(=O)c1nc(Cl)cc(C(F)F)c1I. The predicted octanol–water partition coefficient (Wildman–Crippen LogP) is 3.06. The molecule has 1 aromatic heterocycles. The molecule has 7 heteroatoms. The maximum atomic E-state index is 12.5. The molecule has 0 saturated heterocycles.